The van der Waals surface area contributed by atoms with Gasteiger partial charge in [0.15, 0.2) is 5.78 Å². The first-order valence-corrected chi connectivity index (χ1v) is 13.1. The molecule has 1 aromatic rings. The number of nitrogens with one attached hydrogen (secondary N) is 1. The van der Waals surface area contributed by atoms with Crippen LogP contribution in [0.1, 0.15) is 77.1 Å². The first-order chi connectivity index (χ1) is 17.3. The molecule has 2 bridgehead atoms. The Morgan fingerprint density at radius 2 is 1.81 bits per heavy atom. The van der Waals surface area contributed by atoms with Crippen LogP contribution in [0.2, 0.25) is 0 Å². The molecule has 3 fully saturated rings. The fourth-order valence-corrected chi connectivity index (χ4v) is 7.55. The van der Waals surface area contributed by atoms with Crippen LogP contribution in [0.5, 0.6) is 6.01 Å². The van der Waals surface area contributed by atoms with Crippen LogP contribution >= 0.6 is 0 Å². The Morgan fingerprint density at radius 1 is 1.16 bits per heavy atom. The highest BCUT2D eigenvalue weighted by atomic mass is 16.6. The number of methoxy groups -OCH3 is 1. The molecule has 204 valence electrons. The van der Waals surface area contributed by atoms with Crippen molar-refractivity contribution in [2.45, 2.75) is 85.0 Å². The van der Waals surface area contributed by atoms with E-state index in [9.17, 15) is 24.6 Å². The number of aliphatic hydroxyl groups excluding tert-OH is 2. The highest BCUT2D eigenvalue weighted by Gasteiger charge is 2.70. The first kappa shape index (κ1) is 27.4. The Bertz CT molecular complexity index is 1060. The van der Waals surface area contributed by atoms with Gasteiger partial charge in [0, 0.05) is 23.7 Å². The third kappa shape index (κ3) is 4.22. The number of rotatable bonds is 4. The minimum absolute atomic E-state index is 0.00640. The number of carbonyl (C=O) groups excluding carboxylic acids is 3. The minimum atomic E-state index is -1.11. The van der Waals surface area contributed by atoms with Crippen LogP contribution in [-0.2, 0) is 9.53 Å². The molecule has 0 spiro atoms. The Hall–Kier alpha value is -2.59. The van der Waals surface area contributed by atoms with Crippen LogP contribution in [0.3, 0.4) is 0 Å². The van der Waals surface area contributed by atoms with Crippen molar-refractivity contribution in [2.75, 3.05) is 7.11 Å². The SMILES string of the molecule is CC[C@]1(C)CC(OC(=O)NC(=O)c2cnc(OC)nc2)[C@]2(C)C(C)CC[C@]3(C[C@H](O)C(=O)C23)[C@@H](C)[C@@H]1O. The van der Waals surface area contributed by atoms with Crippen molar-refractivity contribution in [3.8, 4) is 6.01 Å². The lowest BCUT2D eigenvalue weighted by atomic mass is 9.43. The number of hydrogen-bond donors (Lipinski definition) is 3. The van der Waals surface area contributed by atoms with E-state index in [-0.39, 0.29) is 29.2 Å². The van der Waals surface area contributed by atoms with Gasteiger partial charge >= 0.3 is 12.1 Å². The van der Waals surface area contributed by atoms with Crippen molar-refractivity contribution in [1.82, 2.24) is 15.3 Å². The molecule has 0 aromatic carbocycles. The number of amides is 2. The molecule has 3 N–H and O–H groups in total. The van der Waals surface area contributed by atoms with E-state index >= 15 is 0 Å². The summed E-state index contributed by atoms with van der Waals surface area (Å²) in [6.45, 7) is 10.0. The molecule has 3 saturated carbocycles. The predicted molar refractivity (Wildman–Crippen MR) is 133 cm³/mol. The molecule has 1 aromatic heterocycles. The fourth-order valence-electron chi connectivity index (χ4n) is 7.55. The highest BCUT2D eigenvalue weighted by Crippen LogP contribution is 2.68. The normalized spacial score (nSPS) is 41.2. The first-order valence-electron chi connectivity index (χ1n) is 13.1. The maximum Gasteiger partial charge on any atom is 0.414 e. The molecule has 0 aliphatic heterocycles. The zero-order valence-corrected chi connectivity index (χ0v) is 22.5. The molecule has 0 radical (unpaired) electrons. The van der Waals surface area contributed by atoms with Crippen LogP contribution in [0.4, 0.5) is 4.79 Å². The number of ketones is 1. The molecule has 3 unspecified atom stereocenters. The van der Waals surface area contributed by atoms with Crippen LogP contribution in [-0.4, -0.2) is 63.4 Å². The summed E-state index contributed by atoms with van der Waals surface area (Å²) in [7, 11) is 1.40. The number of Topliss-reactive ketones (excluding diaryl/α,β-unsaturated/α-hetero) is 1. The van der Waals surface area contributed by atoms with Gasteiger partial charge in [-0.3, -0.25) is 14.9 Å². The Morgan fingerprint density at radius 3 is 2.41 bits per heavy atom. The van der Waals surface area contributed by atoms with E-state index in [0.29, 0.717) is 25.7 Å². The summed E-state index contributed by atoms with van der Waals surface area (Å²) >= 11 is 0. The second-order valence-electron chi connectivity index (χ2n) is 11.8. The van der Waals surface area contributed by atoms with Gasteiger partial charge < -0.3 is 19.7 Å². The predicted octanol–water partition coefficient (Wildman–Crippen LogP) is 2.91. The van der Waals surface area contributed by atoms with Crippen molar-refractivity contribution < 1.29 is 34.1 Å². The van der Waals surface area contributed by atoms with Crippen molar-refractivity contribution in [1.29, 1.82) is 0 Å². The van der Waals surface area contributed by atoms with E-state index in [0.717, 1.165) is 6.42 Å². The quantitative estimate of drug-likeness (QED) is 0.548. The molecule has 9 atom stereocenters. The Balaban J connectivity index is 1.70. The molecule has 37 heavy (non-hydrogen) atoms. The fraction of sp³-hybridized carbons (Fsp3) is 0.741. The minimum Gasteiger partial charge on any atom is -0.467 e. The second-order valence-corrected chi connectivity index (χ2v) is 11.8. The van der Waals surface area contributed by atoms with E-state index in [1.807, 2.05) is 27.7 Å². The lowest BCUT2D eigenvalue weighted by Gasteiger charge is -2.61. The average Bonchev–Trinajstić information content (AvgIpc) is 3.15. The summed E-state index contributed by atoms with van der Waals surface area (Å²) < 4.78 is 10.9. The van der Waals surface area contributed by atoms with Crippen molar-refractivity contribution in [2.24, 2.45) is 34.0 Å². The van der Waals surface area contributed by atoms with Gasteiger partial charge in [-0.1, -0.05) is 34.6 Å². The number of aliphatic hydroxyl groups is 2. The molecule has 3 aliphatic carbocycles. The van der Waals surface area contributed by atoms with Gasteiger partial charge in [0.05, 0.1) is 18.8 Å². The van der Waals surface area contributed by atoms with E-state index in [1.165, 1.54) is 19.5 Å². The van der Waals surface area contributed by atoms with E-state index < -0.39 is 52.5 Å². The highest BCUT2D eigenvalue weighted by molar-refractivity contribution is 6.02. The summed E-state index contributed by atoms with van der Waals surface area (Å²) in [6.07, 6.45) is 1.64. The summed E-state index contributed by atoms with van der Waals surface area (Å²) in [5.74, 6) is -1.76. The lowest BCUT2D eigenvalue weighted by molar-refractivity contribution is -0.198. The van der Waals surface area contributed by atoms with E-state index in [4.69, 9.17) is 9.47 Å². The third-order valence-corrected chi connectivity index (χ3v) is 10.3. The summed E-state index contributed by atoms with van der Waals surface area (Å²) in [6, 6.07) is 0.0893. The number of carbonyl (C=O) groups is 3. The van der Waals surface area contributed by atoms with Crippen molar-refractivity contribution >= 4 is 17.8 Å². The summed E-state index contributed by atoms with van der Waals surface area (Å²) in [4.78, 5) is 47.1. The molecule has 3 aliphatic rings. The Kier molecular flexibility index (Phi) is 7.13. The van der Waals surface area contributed by atoms with Gasteiger partial charge in [0.25, 0.3) is 5.91 Å². The monoisotopic (exact) mass is 517 g/mol. The second kappa shape index (κ2) is 9.62. The topological polar surface area (TPSA) is 148 Å². The van der Waals surface area contributed by atoms with Gasteiger partial charge in [-0.2, -0.15) is 0 Å². The standard InChI is InChI=1S/C27H39N3O7/c1-7-25(4)11-18(37-24(35)30-22(34)16-12-28-23(36-6)29-13-16)26(5)14(2)8-9-27(15(3)21(25)33)10-17(31)19(32)20(26)27/h12-15,17-18,20-21,31,33H,7-11H2,1-6H3,(H,30,34,35)/t14?,15-,17-,18?,20?,21-,25+,26-,27-/m0/s1. The molecule has 10 heteroatoms. The molecular weight excluding hydrogens is 478 g/mol. The van der Waals surface area contributed by atoms with Crippen molar-refractivity contribution in [3.63, 3.8) is 0 Å². The molecule has 2 amide bonds. The van der Waals surface area contributed by atoms with E-state index in [1.54, 1.807) is 0 Å². The van der Waals surface area contributed by atoms with Gasteiger partial charge in [-0.15, -0.1) is 0 Å². The third-order valence-electron chi connectivity index (χ3n) is 10.3. The van der Waals surface area contributed by atoms with Crippen molar-refractivity contribution in [3.05, 3.63) is 18.0 Å². The smallest absolute Gasteiger partial charge is 0.414 e. The van der Waals surface area contributed by atoms with Gasteiger partial charge in [0.2, 0.25) is 0 Å². The number of alkyl carbamates (subject to hydrolysis) is 1. The van der Waals surface area contributed by atoms with Crippen LogP contribution in [0.15, 0.2) is 12.4 Å². The summed E-state index contributed by atoms with van der Waals surface area (Å²) in [5, 5.41) is 24.7. The Labute approximate surface area is 217 Å². The average molecular weight is 518 g/mol. The van der Waals surface area contributed by atoms with Crippen LogP contribution in [0.25, 0.3) is 0 Å². The van der Waals surface area contributed by atoms with Crippen LogP contribution in [0, 0.1) is 34.0 Å². The van der Waals surface area contributed by atoms with E-state index in [2.05, 4.69) is 22.2 Å². The zero-order chi connectivity index (χ0) is 27.3. The van der Waals surface area contributed by atoms with Gasteiger partial charge in [-0.25, -0.2) is 14.8 Å². The maximum absolute atomic E-state index is 13.5. The number of ether oxygens (including phenoxy) is 2. The van der Waals surface area contributed by atoms with Gasteiger partial charge in [0.1, 0.15) is 12.2 Å². The summed E-state index contributed by atoms with van der Waals surface area (Å²) in [5.41, 5.74) is -1.93. The molecule has 1 heterocycles. The zero-order valence-electron chi connectivity index (χ0n) is 22.5. The van der Waals surface area contributed by atoms with Gasteiger partial charge in [-0.05, 0) is 54.8 Å². The molecule has 4 rings (SSSR count). The number of imide groups is 1. The largest absolute Gasteiger partial charge is 0.467 e. The lowest BCUT2D eigenvalue weighted by Crippen LogP contribution is -2.63. The molecule has 0 saturated heterocycles. The maximum atomic E-state index is 13.5. The number of aromatic nitrogens is 2. The number of nitrogens with zero attached hydrogens (tertiary/aromatic N) is 2. The number of hydrogen-bond acceptors (Lipinski definition) is 9. The molecular formula is C27H39N3O7. The van der Waals surface area contributed by atoms with Crippen LogP contribution < -0.4 is 10.1 Å². The molecule has 10 nitrogen and oxygen atoms in total.